The first-order valence-electron chi connectivity index (χ1n) is 2.83. The molecule has 0 bridgehead atoms. The van der Waals surface area contributed by atoms with E-state index in [1.54, 1.807) is 12.1 Å². The fraction of sp³-hybridized carbons (Fsp3) is 0. The van der Waals surface area contributed by atoms with E-state index in [9.17, 15) is 0 Å². The molecule has 1 aromatic carbocycles. The van der Waals surface area contributed by atoms with Crippen LogP contribution in [0.1, 0.15) is 0 Å². The Morgan fingerprint density at radius 3 is 2.45 bits per heavy atom. The zero-order valence-electron chi connectivity index (χ0n) is 5.54. The summed E-state index contributed by atoms with van der Waals surface area (Å²) in [5.41, 5.74) is 12.2. The van der Waals surface area contributed by atoms with Crippen LogP contribution in [0, 0.1) is 0 Å². The van der Waals surface area contributed by atoms with Gasteiger partial charge in [0.25, 0.3) is 0 Å². The van der Waals surface area contributed by atoms with Crippen molar-refractivity contribution in [1.29, 1.82) is 0 Å². The number of nitrogens with two attached hydrogens (primary N) is 2. The summed E-state index contributed by atoms with van der Waals surface area (Å²) < 4.78 is 3.48. The van der Waals surface area contributed by atoms with E-state index >= 15 is 0 Å². The van der Waals surface area contributed by atoms with Crippen LogP contribution in [0.15, 0.2) is 16.5 Å². The second-order valence-corrected chi connectivity index (χ2v) is 2.58. The van der Waals surface area contributed by atoms with Crippen LogP contribution >= 0.6 is 11.6 Å². The predicted octanol–water partition coefficient (Wildman–Crippen LogP) is 1.87. The average molecular weight is 188 g/mol. The maximum Gasteiger partial charge on any atom is 0.124 e. The highest BCUT2D eigenvalue weighted by Gasteiger charge is 2.05. The van der Waals surface area contributed by atoms with Crippen LogP contribution in [0.4, 0.5) is 17.1 Å². The number of benzene rings is 1. The molecule has 0 amide bonds. The normalized spacial score (nSPS) is 9.55. The molecular weight excluding hydrogens is 182 g/mol. The highest BCUT2D eigenvalue weighted by Crippen LogP contribution is 2.34. The lowest BCUT2D eigenvalue weighted by atomic mass is 10.2. The van der Waals surface area contributed by atoms with Crippen LogP contribution in [0.25, 0.3) is 0 Å². The molecule has 0 saturated carbocycles. The van der Waals surface area contributed by atoms with Gasteiger partial charge in [-0.25, -0.2) is 0 Å². The molecule has 1 rings (SSSR count). The first-order chi connectivity index (χ1) is 5.16. The van der Waals surface area contributed by atoms with Crippen LogP contribution in [-0.2, 0) is 12.4 Å². The smallest absolute Gasteiger partial charge is 0.124 e. The zero-order valence-corrected chi connectivity index (χ0v) is 7.12. The van der Waals surface area contributed by atoms with Crippen LogP contribution < -0.4 is 11.5 Å². The molecular formula is C6H6ClN3S. The number of halogens is 1. The summed E-state index contributed by atoms with van der Waals surface area (Å²) in [5, 5.41) is 0.419. The Balaban J connectivity index is 3.40. The van der Waals surface area contributed by atoms with Gasteiger partial charge in [0.2, 0.25) is 0 Å². The summed E-state index contributed by atoms with van der Waals surface area (Å²) in [6.07, 6.45) is 0. The van der Waals surface area contributed by atoms with Crippen molar-refractivity contribution in [3.05, 3.63) is 17.2 Å². The van der Waals surface area contributed by atoms with Gasteiger partial charge in [0.15, 0.2) is 0 Å². The second-order valence-electron chi connectivity index (χ2n) is 1.99. The Kier molecular flexibility index (Phi) is 2.26. The van der Waals surface area contributed by atoms with Gasteiger partial charge in [0.05, 0.1) is 16.4 Å². The summed E-state index contributed by atoms with van der Waals surface area (Å²) in [7, 11) is 0. The van der Waals surface area contributed by atoms with Crippen molar-refractivity contribution in [2.45, 2.75) is 0 Å². The van der Waals surface area contributed by atoms with Gasteiger partial charge >= 0.3 is 0 Å². The molecule has 0 unspecified atom stereocenters. The van der Waals surface area contributed by atoms with E-state index < -0.39 is 0 Å². The minimum atomic E-state index is 0.335. The van der Waals surface area contributed by atoms with Gasteiger partial charge in [-0.15, -0.1) is 0 Å². The first kappa shape index (κ1) is 8.23. The molecule has 0 atom stereocenters. The molecule has 0 spiro atoms. The van der Waals surface area contributed by atoms with Crippen LogP contribution in [-0.4, -0.2) is 0 Å². The molecule has 0 aliphatic heterocycles. The van der Waals surface area contributed by atoms with E-state index in [0.29, 0.717) is 22.1 Å². The van der Waals surface area contributed by atoms with Crippen LogP contribution in [0.3, 0.4) is 0 Å². The highest BCUT2D eigenvalue weighted by molar-refractivity contribution is 7.47. The number of hydrogen-bond acceptors (Lipinski definition) is 4. The largest absolute Gasteiger partial charge is 0.397 e. The minimum absolute atomic E-state index is 0.335. The van der Waals surface area contributed by atoms with Gasteiger partial charge in [0, 0.05) is 12.4 Å². The van der Waals surface area contributed by atoms with Gasteiger partial charge < -0.3 is 11.5 Å². The van der Waals surface area contributed by atoms with Crippen LogP contribution in [0.5, 0.6) is 0 Å². The molecule has 0 aromatic heterocycles. The molecule has 0 saturated heterocycles. The quantitative estimate of drug-likeness (QED) is 0.660. The fourth-order valence-electron chi connectivity index (χ4n) is 0.702. The summed E-state index contributed by atoms with van der Waals surface area (Å²) in [6.45, 7) is 0. The van der Waals surface area contributed by atoms with Gasteiger partial charge in [-0.1, -0.05) is 11.6 Å². The summed E-state index contributed by atoms with van der Waals surface area (Å²) in [4.78, 5) is 0. The Hall–Kier alpha value is -0.870. The van der Waals surface area contributed by atoms with Gasteiger partial charge in [-0.2, -0.15) is 4.36 Å². The van der Waals surface area contributed by atoms with Gasteiger partial charge in [-0.3, -0.25) is 0 Å². The molecule has 5 heteroatoms. The molecule has 1 aromatic rings. The van der Waals surface area contributed by atoms with E-state index in [0.717, 1.165) is 0 Å². The van der Waals surface area contributed by atoms with Crippen molar-refractivity contribution in [2.75, 3.05) is 11.5 Å². The lowest BCUT2D eigenvalue weighted by Crippen LogP contribution is -1.91. The van der Waals surface area contributed by atoms with E-state index in [4.69, 9.17) is 23.1 Å². The Bertz CT molecular complexity index is 300. The van der Waals surface area contributed by atoms with Crippen molar-refractivity contribution in [3.63, 3.8) is 0 Å². The minimum Gasteiger partial charge on any atom is -0.397 e. The predicted molar refractivity (Wildman–Crippen MR) is 49.7 cm³/mol. The number of rotatable bonds is 1. The molecule has 0 heterocycles. The summed E-state index contributed by atoms with van der Waals surface area (Å²) in [6, 6.07) is 3.22. The summed E-state index contributed by atoms with van der Waals surface area (Å²) in [5.74, 6) is 0. The number of hydrogen-bond donors (Lipinski definition) is 2. The number of nitrogen functional groups attached to an aromatic ring is 2. The maximum atomic E-state index is 5.68. The molecule has 0 aliphatic carbocycles. The average Bonchev–Trinajstić information content (AvgIpc) is 1.99. The molecule has 0 radical (unpaired) electrons. The fourth-order valence-corrected chi connectivity index (χ4v) is 1.06. The zero-order chi connectivity index (χ0) is 8.43. The van der Waals surface area contributed by atoms with Crippen molar-refractivity contribution in [1.82, 2.24) is 0 Å². The SMILES string of the molecule is Nc1ccc(Cl)c(N)c1N=S. The lowest BCUT2D eigenvalue weighted by Gasteiger charge is -2.03. The Labute approximate surface area is 74.5 Å². The molecule has 0 fully saturated rings. The molecule has 0 aliphatic rings. The number of anilines is 2. The third kappa shape index (κ3) is 1.41. The van der Waals surface area contributed by atoms with Crippen LogP contribution in [0.2, 0.25) is 5.02 Å². The lowest BCUT2D eigenvalue weighted by molar-refractivity contribution is 1.56. The van der Waals surface area contributed by atoms with Crippen molar-refractivity contribution in [3.8, 4) is 0 Å². The van der Waals surface area contributed by atoms with Crippen molar-refractivity contribution in [2.24, 2.45) is 4.36 Å². The van der Waals surface area contributed by atoms with Crippen molar-refractivity contribution >= 4 is 41.1 Å². The van der Waals surface area contributed by atoms with Gasteiger partial charge in [-0.05, 0) is 12.1 Å². The standard InChI is InChI=1S/C6H6ClN3S/c7-3-1-2-4(8)6(10-11)5(3)9/h1-2H,8-9H2. The first-order valence-corrected chi connectivity index (χ1v) is 3.58. The Morgan fingerprint density at radius 1 is 1.36 bits per heavy atom. The topological polar surface area (TPSA) is 64.4 Å². The van der Waals surface area contributed by atoms with E-state index in [2.05, 4.69) is 16.8 Å². The molecule has 3 nitrogen and oxygen atoms in total. The van der Waals surface area contributed by atoms with E-state index in [1.165, 1.54) is 0 Å². The summed E-state index contributed by atoms with van der Waals surface area (Å²) >= 11 is 10.1. The Morgan fingerprint density at radius 2 is 2.00 bits per heavy atom. The maximum absolute atomic E-state index is 5.68. The van der Waals surface area contributed by atoms with Gasteiger partial charge in [0.1, 0.15) is 5.69 Å². The highest BCUT2D eigenvalue weighted by atomic mass is 35.5. The molecule has 58 valence electrons. The third-order valence-corrected chi connectivity index (χ3v) is 1.80. The molecule has 4 N–H and O–H groups in total. The molecule has 11 heavy (non-hydrogen) atoms. The third-order valence-electron chi connectivity index (χ3n) is 1.29. The number of nitrogens with zero attached hydrogens (tertiary/aromatic N) is 1. The van der Waals surface area contributed by atoms with Crippen molar-refractivity contribution < 1.29 is 0 Å². The monoisotopic (exact) mass is 187 g/mol. The van der Waals surface area contributed by atoms with E-state index in [1.807, 2.05) is 0 Å². The second kappa shape index (κ2) is 3.02. The van der Waals surface area contributed by atoms with E-state index in [-0.39, 0.29) is 0 Å².